The lowest BCUT2D eigenvalue weighted by atomic mass is 10.2. The zero-order valence-electron chi connectivity index (χ0n) is 12.7. The molecule has 2 heterocycles. The number of hydrogen-bond donors (Lipinski definition) is 1. The molecule has 0 aliphatic rings. The van der Waals surface area contributed by atoms with Crippen LogP contribution >= 0.6 is 0 Å². The predicted octanol–water partition coefficient (Wildman–Crippen LogP) is 4.61. The highest BCUT2D eigenvalue weighted by Gasteiger charge is 2.33. The third kappa shape index (κ3) is 3.68. The Morgan fingerprint density at radius 3 is 2.38 bits per heavy atom. The molecule has 0 atom stereocenters. The Hall–Kier alpha value is -2.96. The maximum Gasteiger partial charge on any atom is 0.433 e. The Kier molecular flexibility index (Phi) is 4.16. The minimum Gasteiger partial charge on any atom is -0.324 e. The third-order valence-electron chi connectivity index (χ3n) is 3.28. The summed E-state index contributed by atoms with van der Waals surface area (Å²) in [5.74, 6) is -0.118. The van der Waals surface area contributed by atoms with Crippen LogP contribution in [0.2, 0.25) is 0 Å². The van der Waals surface area contributed by atoms with E-state index in [4.69, 9.17) is 0 Å². The normalized spacial score (nSPS) is 11.3. The topological polar surface area (TPSA) is 50.7 Å². The van der Waals surface area contributed by atoms with Crippen molar-refractivity contribution in [3.63, 3.8) is 0 Å². The standard InChI is InChI=1S/C17H13F3N4/c1-11-4-6-13(7-5-11)22-16-23-14(12-3-2-8-21-10-12)9-15(24-16)17(18,19)20/h2-10H,1H3,(H,22,23,24). The highest BCUT2D eigenvalue weighted by atomic mass is 19.4. The van der Waals surface area contributed by atoms with E-state index in [0.29, 0.717) is 11.3 Å². The highest BCUT2D eigenvalue weighted by Crippen LogP contribution is 2.31. The average Bonchev–Trinajstić information content (AvgIpc) is 2.57. The number of anilines is 2. The van der Waals surface area contributed by atoms with Crippen LogP contribution in [0.25, 0.3) is 11.3 Å². The van der Waals surface area contributed by atoms with Crippen molar-refractivity contribution in [1.29, 1.82) is 0 Å². The van der Waals surface area contributed by atoms with Crippen LogP contribution in [-0.4, -0.2) is 15.0 Å². The summed E-state index contributed by atoms with van der Waals surface area (Å²) in [5.41, 5.74) is 1.28. The summed E-state index contributed by atoms with van der Waals surface area (Å²) in [6, 6.07) is 11.4. The van der Waals surface area contributed by atoms with E-state index in [1.165, 1.54) is 6.20 Å². The van der Waals surface area contributed by atoms with Crippen molar-refractivity contribution >= 4 is 11.6 Å². The molecule has 0 saturated carbocycles. The van der Waals surface area contributed by atoms with Gasteiger partial charge >= 0.3 is 6.18 Å². The zero-order valence-corrected chi connectivity index (χ0v) is 12.7. The van der Waals surface area contributed by atoms with Crippen LogP contribution < -0.4 is 5.32 Å². The van der Waals surface area contributed by atoms with Crippen molar-refractivity contribution in [2.24, 2.45) is 0 Å². The van der Waals surface area contributed by atoms with E-state index in [1.807, 2.05) is 19.1 Å². The molecule has 0 bridgehead atoms. The first-order valence-corrected chi connectivity index (χ1v) is 7.12. The fourth-order valence-electron chi connectivity index (χ4n) is 2.08. The van der Waals surface area contributed by atoms with Crippen molar-refractivity contribution in [3.05, 3.63) is 66.1 Å². The number of benzene rings is 1. The Balaban J connectivity index is 2.03. The van der Waals surface area contributed by atoms with Crippen molar-refractivity contribution in [3.8, 4) is 11.3 Å². The van der Waals surface area contributed by atoms with E-state index in [9.17, 15) is 13.2 Å². The molecule has 4 nitrogen and oxygen atoms in total. The maximum atomic E-state index is 13.1. The quantitative estimate of drug-likeness (QED) is 0.762. The summed E-state index contributed by atoms with van der Waals surface area (Å²) in [4.78, 5) is 11.7. The molecule has 24 heavy (non-hydrogen) atoms. The fourth-order valence-corrected chi connectivity index (χ4v) is 2.08. The van der Waals surface area contributed by atoms with Crippen LogP contribution in [0.1, 0.15) is 11.3 Å². The van der Waals surface area contributed by atoms with Gasteiger partial charge in [-0.3, -0.25) is 4.98 Å². The molecule has 3 aromatic rings. The van der Waals surface area contributed by atoms with E-state index in [2.05, 4.69) is 20.3 Å². The lowest BCUT2D eigenvalue weighted by Crippen LogP contribution is -2.11. The van der Waals surface area contributed by atoms with Gasteiger partial charge in [-0.1, -0.05) is 17.7 Å². The van der Waals surface area contributed by atoms with Crippen LogP contribution in [0.15, 0.2) is 54.9 Å². The lowest BCUT2D eigenvalue weighted by Gasteiger charge is -2.12. The monoisotopic (exact) mass is 330 g/mol. The first kappa shape index (κ1) is 15.9. The number of aryl methyl sites for hydroxylation is 1. The minimum absolute atomic E-state index is 0.118. The molecule has 122 valence electrons. The minimum atomic E-state index is -4.57. The number of pyridine rings is 1. The SMILES string of the molecule is Cc1ccc(Nc2nc(-c3cccnc3)cc(C(F)(F)F)n2)cc1. The van der Waals surface area contributed by atoms with Gasteiger partial charge in [-0.15, -0.1) is 0 Å². The molecule has 0 amide bonds. The molecule has 1 N–H and O–H groups in total. The van der Waals surface area contributed by atoms with Gasteiger partial charge in [0.15, 0.2) is 5.69 Å². The maximum absolute atomic E-state index is 13.1. The second-order valence-corrected chi connectivity index (χ2v) is 5.19. The third-order valence-corrected chi connectivity index (χ3v) is 3.28. The molecule has 0 fully saturated rings. The predicted molar refractivity (Wildman–Crippen MR) is 84.7 cm³/mol. The molecule has 0 radical (unpaired) electrons. The molecule has 0 spiro atoms. The molecule has 0 unspecified atom stereocenters. The Labute approximate surface area is 136 Å². The number of rotatable bonds is 3. The largest absolute Gasteiger partial charge is 0.433 e. The number of nitrogens with one attached hydrogen (secondary N) is 1. The molecule has 0 aliphatic heterocycles. The van der Waals surface area contributed by atoms with Crippen LogP contribution in [0.4, 0.5) is 24.8 Å². The second-order valence-electron chi connectivity index (χ2n) is 5.19. The van der Waals surface area contributed by atoms with Gasteiger partial charge in [0.05, 0.1) is 5.69 Å². The van der Waals surface area contributed by atoms with Gasteiger partial charge in [0.25, 0.3) is 0 Å². The molecular weight excluding hydrogens is 317 g/mol. The van der Waals surface area contributed by atoms with Crippen molar-refractivity contribution < 1.29 is 13.2 Å². The number of hydrogen-bond acceptors (Lipinski definition) is 4. The number of nitrogens with zero attached hydrogens (tertiary/aromatic N) is 3. The van der Waals surface area contributed by atoms with Gasteiger partial charge in [0.1, 0.15) is 0 Å². The van der Waals surface area contributed by atoms with E-state index in [1.54, 1.807) is 30.5 Å². The summed E-state index contributed by atoms with van der Waals surface area (Å²) in [5, 5.41) is 2.81. The van der Waals surface area contributed by atoms with E-state index < -0.39 is 11.9 Å². The summed E-state index contributed by atoms with van der Waals surface area (Å²) >= 11 is 0. The first-order chi connectivity index (χ1) is 11.4. The second kappa shape index (κ2) is 6.27. The van der Waals surface area contributed by atoms with Crippen LogP contribution in [-0.2, 0) is 6.18 Å². The summed E-state index contributed by atoms with van der Waals surface area (Å²) in [7, 11) is 0. The zero-order chi connectivity index (χ0) is 17.2. The molecule has 3 rings (SSSR count). The van der Waals surface area contributed by atoms with Gasteiger partial charge in [0.2, 0.25) is 5.95 Å². The van der Waals surface area contributed by atoms with Crippen LogP contribution in [0, 0.1) is 6.92 Å². The number of aromatic nitrogens is 3. The summed E-state index contributed by atoms with van der Waals surface area (Å²) in [6.07, 6.45) is -1.57. The molecule has 0 aliphatic carbocycles. The summed E-state index contributed by atoms with van der Waals surface area (Å²) in [6.45, 7) is 1.92. The van der Waals surface area contributed by atoms with Crippen molar-refractivity contribution in [2.75, 3.05) is 5.32 Å². The molecule has 2 aromatic heterocycles. The number of alkyl halides is 3. The number of halogens is 3. The Morgan fingerprint density at radius 1 is 1.00 bits per heavy atom. The van der Waals surface area contributed by atoms with Gasteiger partial charge in [0, 0.05) is 23.6 Å². The first-order valence-electron chi connectivity index (χ1n) is 7.12. The fraction of sp³-hybridized carbons (Fsp3) is 0.118. The molecule has 1 aromatic carbocycles. The van der Waals surface area contributed by atoms with Crippen LogP contribution in [0.3, 0.4) is 0 Å². The van der Waals surface area contributed by atoms with Crippen molar-refractivity contribution in [2.45, 2.75) is 13.1 Å². The Bertz CT molecular complexity index is 831. The molecule has 7 heteroatoms. The molecule has 0 saturated heterocycles. The summed E-state index contributed by atoms with van der Waals surface area (Å²) < 4.78 is 39.4. The van der Waals surface area contributed by atoms with Gasteiger partial charge in [-0.25, -0.2) is 9.97 Å². The molecular formula is C17H13F3N4. The van der Waals surface area contributed by atoms with E-state index in [-0.39, 0.29) is 11.6 Å². The lowest BCUT2D eigenvalue weighted by molar-refractivity contribution is -0.141. The van der Waals surface area contributed by atoms with Gasteiger partial charge in [-0.05, 0) is 37.3 Å². The van der Waals surface area contributed by atoms with Crippen LogP contribution in [0.5, 0.6) is 0 Å². The highest BCUT2D eigenvalue weighted by molar-refractivity contribution is 5.62. The van der Waals surface area contributed by atoms with E-state index >= 15 is 0 Å². The van der Waals surface area contributed by atoms with Gasteiger partial charge in [-0.2, -0.15) is 13.2 Å². The smallest absolute Gasteiger partial charge is 0.324 e. The van der Waals surface area contributed by atoms with Gasteiger partial charge < -0.3 is 5.32 Å². The van der Waals surface area contributed by atoms with E-state index in [0.717, 1.165) is 11.6 Å². The Morgan fingerprint density at radius 2 is 1.75 bits per heavy atom. The van der Waals surface area contributed by atoms with Crippen molar-refractivity contribution in [1.82, 2.24) is 15.0 Å². The average molecular weight is 330 g/mol.